The van der Waals surface area contributed by atoms with Gasteiger partial charge in [0.2, 0.25) is 0 Å². The number of benzene rings is 3. The van der Waals surface area contributed by atoms with Gasteiger partial charge in [0, 0.05) is 23.2 Å². The molecule has 0 saturated carbocycles. The molecule has 6 nitrogen and oxygen atoms in total. The maximum absolute atomic E-state index is 12.8. The van der Waals surface area contributed by atoms with Crippen LogP contribution in [0.4, 0.5) is 0 Å². The number of carbonyl (C=O) groups is 1. The van der Waals surface area contributed by atoms with Crippen molar-refractivity contribution in [3.8, 4) is 11.5 Å². The first-order valence-corrected chi connectivity index (χ1v) is 10.3. The van der Waals surface area contributed by atoms with Crippen molar-refractivity contribution in [2.75, 3.05) is 13.2 Å². The van der Waals surface area contributed by atoms with Crippen LogP contribution in [-0.2, 0) is 13.2 Å². The number of carbonyl (C=O) groups excluding carboxylic acids is 1. The molecule has 0 fully saturated rings. The maximum atomic E-state index is 12.8. The molecule has 0 radical (unpaired) electrons. The van der Waals surface area contributed by atoms with E-state index in [0.717, 1.165) is 10.9 Å². The third-order valence-corrected chi connectivity index (χ3v) is 5.10. The van der Waals surface area contributed by atoms with Crippen molar-refractivity contribution in [1.82, 2.24) is 4.57 Å². The third-order valence-electron chi connectivity index (χ3n) is 5.10. The molecule has 162 valence electrons. The van der Waals surface area contributed by atoms with Crippen LogP contribution < -0.4 is 15.0 Å². The van der Waals surface area contributed by atoms with E-state index in [4.69, 9.17) is 14.6 Å². The second-order valence-electron chi connectivity index (χ2n) is 7.30. The molecule has 3 aromatic carbocycles. The summed E-state index contributed by atoms with van der Waals surface area (Å²) in [4.78, 5) is 24.6. The Labute approximate surface area is 185 Å². The highest BCUT2D eigenvalue weighted by Gasteiger charge is 2.09. The molecule has 1 aromatic heterocycles. The molecule has 1 N–H and O–H groups in total. The first-order valence-electron chi connectivity index (χ1n) is 10.3. The fourth-order valence-corrected chi connectivity index (χ4v) is 3.38. The Morgan fingerprint density at radius 3 is 2.44 bits per heavy atom. The van der Waals surface area contributed by atoms with Crippen molar-refractivity contribution in [1.29, 1.82) is 0 Å². The van der Waals surface area contributed by atoms with Crippen LogP contribution in [0.2, 0.25) is 0 Å². The zero-order valence-electron chi connectivity index (χ0n) is 17.4. The number of aliphatic hydroxyl groups excluding tert-OH is 1. The number of nitrogens with zero attached hydrogens (tertiary/aromatic N) is 1. The molecule has 0 unspecified atom stereocenters. The molecule has 0 aliphatic rings. The van der Waals surface area contributed by atoms with E-state index < -0.39 is 12.4 Å². The van der Waals surface area contributed by atoms with Crippen LogP contribution in [0.25, 0.3) is 10.8 Å². The van der Waals surface area contributed by atoms with Crippen molar-refractivity contribution in [2.24, 2.45) is 0 Å². The number of hydrogen-bond acceptors (Lipinski definition) is 5. The first kappa shape index (κ1) is 21.3. The van der Waals surface area contributed by atoms with E-state index >= 15 is 0 Å². The van der Waals surface area contributed by atoms with E-state index in [0.29, 0.717) is 42.2 Å². The number of hydrogen-bond donors (Lipinski definition) is 1. The Morgan fingerprint density at radius 1 is 0.875 bits per heavy atom. The predicted molar refractivity (Wildman–Crippen MR) is 122 cm³/mol. The summed E-state index contributed by atoms with van der Waals surface area (Å²) in [6.07, 6.45) is 1.71. The highest BCUT2D eigenvalue weighted by Crippen LogP contribution is 2.20. The van der Waals surface area contributed by atoms with Crippen LogP contribution in [0.15, 0.2) is 89.9 Å². The van der Waals surface area contributed by atoms with Crippen LogP contribution in [0, 0.1) is 0 Å². The van der Waals surface area contributed by atoms with Crippen molar-refractivity contribution < 1.29 is 19.4 Å². The van der Waals surface area contributed by atoms with Crippen LogP contribution in [-0.4, -0.2) is 28.7 Å². The lowest BCUT2D eigenvalue weighted by molar-refractivity contribution is 0.0904. The summed E-state index contributed by atoms with van der Waals surface area (Å²) in [5.74, 6) is 0.940. The number of Topliss-reactive ketones (excluding diaryl/α,β-unsaturated/α-hetero) is 1. The van der Waals surface area contributed by atoms with Gasteiger partial charge in [-0.2, -0.15) is 0 Å². The van der Waals surface area contributed by atoms with Gasteiger partial charge in [0.15, 0.2) is 5.78 Å². The Morgan fingerprint density at radius 2 is 1.66 bits per heavy atom. The van der Waals surface area contributed by atoms with Gasteiger partial charge < -0.3 is 19.1 Å². The zero-order chi connectivity index (χ0) is 22.3. The number of fused-ring (bicyclic) bond motifs is 1. The van der Waals surface area contributed by atoms with Crippen LogP contribution >= 0.6 is 0 Å². The summed E-state index contributed by atoms with van der Waals surface area (Å²) in [6, 6.07) is 24.0. The molecule has 4 rings (SSSR count). The third kappa shape index (κ3) is 5.04. The molecule has 6 heteroatoms. The summed E-state index contributed by atoms with van der Waals surface area (Å²) in [5, 5.41) is 10.2. The Kier molecular flexibility index (Phi) is 6.63. The van der Waals surface area contributed by atoms with E-state index in [9.17, 15) is 9.59 Å². The molecule has 1 heterocycles. The number of pyridine rings is 1. The van der Waals surface area contributed by atoms with Gasteiger partial charge in [-0.15, -0.1) is 0 Å². The molecular formula is C26H23NO5. The lowest BCUT2D eigenvalue weighted by Gasteiger charge is -2.11. The number of ether oxygens (including phenoxy) is 2. The second kappa shape index (κ2) is 9.94. The van der Waals surface area contributed by atoms with Crippen molar-refractivity contribution in [2.45, 2.75) is 13.2 Å². The van der Waals surface area contributed by atoms with Crippen LogP contribution in [0.5, 0.6) is 11.5 Å². The Balaban J connectivity index is 1.40. The highest BCUT2D eigenvalue weighted by atomic mass is 16.5. The fourth-order valence-electron chi connectivity index (χ4n) is 3.38. The zero-order valence-corrected chi connectivity index (χ0v) is 17.4. The molecule has 4 aromatic rings. The quantitative estimate of drug-likeness (QED) is 0.409. The van der Waals surface area contributed by atoms with Gasteiger partial charge in [0.25, 0.3) is 5.56 Å². The Bertz CT molecular complexity index is 1280. The van der Waals surface area contributed by atoms with Gasteiger partial charge in [-0.1, -0.05) is 48.5 Å². The van der Waals surface area contributed by atoms with E-state index in [2.05, 4.69) is 0 Å². The van der Waals surface area contributed by atoms with Crippen molar-refractivity contribution in [3.63, 3.8) is 0 Å². The molecule has 32 heavy (non-hydrogen) atoms. The van der Waals surface area contributed by atoms with Gasteiger partial charge in [0.1, 0.15) is 31.3 Å². The Hall–Kier alpha value is -3.90. The predicted octanol–water partition coefficient (Wildman–Crippen LogP) is 3.83. The second-order valence-corrected chi connectivity index (χ2v) is 7.30. The normalized spacial score (nSPS) is 10.8. The van der Waals surface area contributed by atoms with E-state index in [1.807, 2.05) is 60.7 Å². The van der Waals surface area contributed by atoms with E-state index in [1.165, 1.54) is 6.07 Å². The topological polar surface area (TPSA) is 77.8 Å². The molecule has 0 saturated heterocycles. The monoisotopic (exact) mass is 429 g/mol. The highest BCUT2D eigenvalue weighted by molar-refractivity contribution is 6.00. The number of aliphatic hydroxyl groups is 1. The first-order chi connectivity index (χ1) is 15.6. The minimum absolute atomic E-state index is 0.210. The van der Waals surface area contributed by atoms with Crippen molar-refractivity contribution in [3.05, 3.63) is 107 Å². The van der Waals surface area contributed by atoms with Crippen LogP contribution in [0.3, 0.4) is 0 Å². The van der Waals surface area contributed by atoms with E-state index in [-0.39, 0.29) is 5.56 Å². The summed E-state index contributed by atoms with van der Waals surface area (Å²) in [7, 11) is 0. The smallest absolute Gasteiger partial charge is 0.258 e. The fraction of sp³-hybridized carbons (Fsp3) is 0.154. The molecule has 0 bridgehead atoms. The largest absolute Gasteiger partial charge is 0.492 e. The van der Waals surface area contributed by atoms with Gasteiger partial charge in [-0.05, 0) is 35.2 Å². The van der Waals surface area contributed by atoms with Gasteiger partial charge >= 0.3 is 0 Å². The standard InChI is InChI=1S/C26H23NO5/c28-17-25(29)21-10-9-20-11-12-27(26(30)24(20)15-21)13-14-31-22-7-4-8-23(16-22)32-18-19-5-2-1-3-6-19/h1-12,15-16,28H,13-14,17-18H2. The van der Waals surface area contributed by atoms with Gasteiger partial charge in [-0.3, -0.25) is 9.59 Å². The summed E-state index contributed by atoms with van der Waals surface area (Å²) >= 11 is 0. The summed E-state index contributed by atoms with van der Waals surface area (Å²) < 4.78 is 13.2. The number of ketones is 1. The number of aromatic nitrogens is 1. The minimum Gasteiger partial charge on any atom is -0.492 e. The maximum Gasteiger partial charge on any atom is 0.258 e. The minimum atomic E-state index is -0.589. The number of rotatable bonds is 9. The molecule has 0 spiro atoms. The van der Waals surface area contributed by atoms with Crippen LogP contribution in [0.1, 0.15) is 15.9 Å². The lowest BCUT2D eigenvalue weighted by atomic mass is 10.1. The molecule has 0 aliphatic carbocycles. The summed E-state index contributed by atoms with van der Waals surface area (Å²) in [6.45, 7) is 0.525. The average molecular weight is 429 g/mol. The molecule has 0 aliphatic heterocycles. The summed E-state index contributed by atoms with van der Waals surface area (Å²) in [5.41, 5.74) is 1.19. The molecule has 0 amide bonds. The molecule has 0 atom stereocenters. The van der Waals surface area contributed by atoms with Gasteiger partial charge in [-0.25, -0.2) is 0 Å². The van der Waals surface area contributed by atoms with E-state index in [1.54, 1.807) is 22.9 Å². The average Bonchev–Trinajstić information content (AvgIpc) is 2.84. The van der Waals surface area contributed by atoms with Crippen molar-refractivity contribution >= 4 is 16.6 Å². The lowest BCUT2D eigenvalue weighted by Crippen LogP contribution is -2.23. The van der Waals surface area contributed by atoms with Gasteiger partial charge in [0.05, 0.1) is 6.54 Å². The SMILES string of the molecule is O=C(CO)c1ccc2ccn(CCOc3cccc(OCc4ccccc4)c3)c(=O)c2c1. The molecular weight excluding hydrogens is 406 g/mol.